The molecule has 0 N–H and O–H groups in total. The van der Waals surface area contributed by atoms with Crippen molar-refractivity contribution in [1.82, 2.24) is 9.88 Å². The van der Waals surface area contributed by atoms with Crippen LogP contribution in [0.5, 0.6) is 0 Å². The minimum absolute atomic E-state index is 0.0324. The Morgan fingerprint density at radius 2 is 2.55 bits per heavy atom. The number of rotatable bonds is 5. The van der Waals surface area contributed by atoms with Crippen molar-refractivity contribution in [2.45, 2.75) is 38.3 Å². The predicted molar refractivity (Wildman–Crippen MR) is 79.9 cm³/mol. The van der Waals surface area contributed by atoms with Crippen LogP contribution in [-0.4, -0.2) is 48.4 Å². The molecule has 2 aliphatic rings. The van der Waals surface area contributed by atoms with Crippen LogP contribution >= 0.6 is 11.3 Å². The van der Waals surface area contributed by atoms with Crippen LogP contribution < -0.4 is 0 Å². The Balaban J connectivity index is 1.63. The van der Waals surface area contributed by atoms with Gasteiger partial charge in [-0.1, -0.05) is 6.42 Å². The summed E-state index contributed by atoms with van der Waals surface area (Å²) in [5, 5.41) is 3.26. The van der Waals surface area contributed by atoms with Gasteiger partial charge in [-0.05, 0) is 19.8 Å². The SMILES string of the molecule is CCOC[C@@H]1CCC[C@@]12CN(Cc1nccs1)CCO2. The second-order valence-corrected chi connectivity index (χ2v) is 6.78. The summed E-state index contributed by atoms with van der Waals surface area (Å²) in [5.41, 5.74) is 0.0324. The van der Waals surface area contributed by atoms with Crippen molar-refractivity contribution >= 4 is 11.3 Å². The summed E-state index contributed by atoms with van der Waals surface area (Å²) >= 11 is 1.74. The molecule has 2 heterocycles. The van der Waals surface area contributed by atoms with Gasteiger partial charge >= 0.3 is 0 Å². The summed E-state index contributed by atoms with van der Waals surface area (Å²) in [6.07, 6.45) is 5.58. The van der Waals surface area contributed by atoms with Gasteiger partial charge in [0.2, 0.25) is 0 Å². The van der Waals surface area contributed by atoms with E-state index >= 15 is 0 Å². The minimum atomic E-state index is 0.0324. The summed E-state index contributed by atoms with van der Waals surface area (Å²) in [6.45, 7) is 7.57. The third-order valence-corrected chi connectivity index (χ3v) is 5.31. The van der Waals surface area contributed by atoms with E-state index in [2.05, 4.69) is 22.2 Å². The lowest BCUT2D eigenvalue weighted by Gasteiger charge is -2.43. The summed E-state index contributed by atoms with van der Waals surface area (Å²) in [4.78, 5) is 6.91. The van der Waals surface area contributed by atoms with Crippen LogP contribution in [-0.2, 0) is 16.0 Å². The third-order valence-electron chi connectivity index (χ3n) is 4.55. The zero-order valence-corrected chi connectivity index (χ0v) is 13.0. The highest BCUT2D eigenvalue weighted by atomic mass is 32.1. The Morgan fingerprint density at radius 1 is 1.60 bits per heavy atom. The smallest absolute Gasteiger partial charge is 0.107 e. The molecule has 2 fully saturated rings. The van der Waals surface area contributed by atoms with Gasteiger partial charge in [0, 0.05) is 37.2 Å². The molecule has 1 aliphatic carbocycles. The summed E-state index contributed by atoms with van der Waals surface area (Å²) in [6, 6.07) is 0. The van der Waals surface area contributed by atoms with E-state index in [1.165, 1.54) is 24.3 Å². The molecule has 2 atom stereocenters. The fourth-order valence-electron chi connectivity index (χ4n) is 3.55. The number of ether oxygens (including phenoxy) is 2. The van der Waals surface area contributed by atoms with Crippen LogP contribution in [0.1, 0.15) is 31.2 Å². The molecular formula is C15H24N2O2S. The maximum Gasteiger partial charge on any atom is 0.107 e. The van der Waals surface area contributed by atoms with Crippen LogP contribution in [0.25, 0.3) is 0 Å². The Kier molecular flexibility index (Phi) is 4.71. The molecular weight excluding hydrogens is 272 g/mol. The van der Waals surface area contributed by atoms with Crippen molar-refractivity contribution in [1.29, 1.82) is 0 Å². The number of thiazole rings is 1. The normalized spacial score (nSPS) is 31.1. The van der Waals surface area contributed by atoms with Crippen molar-refractivity contribution in [3.63, 3.8) is 0 Å². The second kappa shape index (κ2) is 6.52. The first-order chi connectivity index (χ1) is 9.82. The van der Waals surface area contributed by atoms with Gasteiger partial charge in [0.15, 0.2) is 0 Å². The van der Waals surface area contributed by atoms with Crippen LogP contribution in [0.3, 0.4) is 0 Å². The largest absolute Gasteiger partial charge is 0.381 e. The molecule has 0 aromatic carbocycles. The average molecular weight is 296 g/mol. The van der Waals surface area contributed by atoms with Crippen molar-refractivity contribution in [2.75, 3.05) is 32.9 Å². The van der Waals surface area contributed by atoms with Crippen molar-refractivity contribution in [2.24, 2.45) is 5.92 Å². The van der Waals surface area contributed by atoms with Gasteiger partial charge in [0.05, 0.1) is 25.4 Å². The van der Waals surface area contributed by atoms with Crippen LogP contribution in [0.4, 0.5) is 0 Å². The van der Waals surface area contributed by atoms with Gasteiger partial charge in [0.25, 0.3) is 0 Å². The van der Waals surface area contributed by atoms with Gasteiger partial charge in [0.1, 0.15) is 5.01 Å². The van der Waals surface area contributed by atoms with E-state index in [1.807, 2.05) is 6.20 Å². The van der Waals surface area contributed by atoms with Gasteiger partial charge < -0.3 is 9.47 Å². The minimum Gasteiger partial charge on any atom is -0.381 e. The Bertz CT molecular complexity index is 412. The maximum absolute atomic E-state index is 6.25. The number of hydrogen-bond acceptors (Lipinski definition) is 5. The highest BCUT2D eigenvalue weighted by molar-refractivity contribution is 7.09. The molecule has 0 radical (unpaired) electrons. The monoisotopic (exact) mass is 296 g/mol. The van der Waals surface area contributed by atoms with Gasteiger partial charge in [-0.3, -0.25) is 4.90 Å². The lowest BCUT2D eigenvalue weighted by atomic mass is 9.89. The maximum atomic E-state index is 6.25. The Labute approximate surface area is 125 Å². The zero-order valence-electron chi connectivity index (χ0n) is 12.2. The van der Waals surface area contributed by atoms with E-state index in [0.717, 1.165) is 39.5 Å². The first-order valence-electron chi connectivity index (χ1n) is 7.65. The molecule has 0 bridgehead atoms. The van der Waals surface area contributed by atoms with Crippen LogP contribution in [0.2, 0.25) is 0 Å². The van der Waals surface area contributed by atoms with Gasteiger partial charge in [-0.15, -0.1) is 11.3 Å². The summed E-state index contributed by atoms with van der Waals surface area (Å²) in [5.74, 6) is 0.557. The summed E-state index contributed by atoms with van der Waals surface area (Å²) in [7, 11) is 0. The van der Waals surface area contributed by atoms with Crippen LogP contribution in [0, 0.1) is 5.92 Å². The summed E-state index contributed by atoms with van der Waals surface area (Å²) < 4.78 is 11.9. The topological polar surface area (TPSA) is 34.6 Å². The standard InChI is InChI=1S/C15H24N2O2S/c1-2-18-11-13-4-3-5-15(13)12-17(7-8-19-15)10-14-16-6-9-20-14/h6,9,13H,2-5,7-8,10-12H2,1H3/t13-,15+/m0/s1. The molecule has 0 unspecified atom stereocenters. The highest BCUT2D eigenvalue weighted by Gasteiger charge is 2.46. The van der Waals surface area contributed by atoms with E-state index in [1.54, 1.807) is 11.3 Å². The van der Waals surface area contributed by atoms with E-state index in [4.69, 9.17) is 9.47 Å². The molecule has 4 nitrogen and oxygen atoms in total. The third kappa shape index (κ3) is 3.06. The molecule has 1 aromatic heterocycles. The Hall–Kier alpha value is -0.490. The molecule has 5 heteroatoms. The number of hydrogen-bond donors (Lipinski definition) is 0. The molecule has 1 saturated heterocycles. The molecule has 1 aromatic rings. The van der Waals surface area contributed by atoms with E-state index < -0.39 is 0 Å². The fraction of sp³-hybridized carbons (Fsp3) is 0.800. The molecule has 0 amide bonds. The number of morpholine rings is 1. The molecule has 1 aliphatic heterocycles. The average Bonchev–Trinajstić information content (AvgIpc) is 3.08. The number of aromatic nitrogens is 1. The zero-order chi connectivity index (χ0) is 13.8. The quantitative estimate of drug-likeness (QED) is 0.836. The van der Waals surface area contributed by atoms with Crippen molar-refractivity contribution < 1.29 is 9.47 Å². The Morgan fingerprint density at radius 3 is 3.35 bits per heavy atom. The second-order valence-electron chi connectivity index (χ2n) is 5.80. The first kappa shape index (κ1) is 14.4. The highest BCUT2D eigenvalue weighted by Crippen LogP contribution is 2.41. The van der Waals surface area contributed by atoms with E-state index in [9.17, 15) is 0 Å². The molecule has 3 rings (SSSR count). The number of nitrogens with zero attached hydrogens (tertiary/aromatic N) is 2. The van der Waals surface area contributed by atoms with Crippen LogP contribution in [0.15, 0.2) is 11.6 Å². The molecule has 20 heavy (non-hydrogen) atoms. The predicted octanol–water partition coefficient (Wildman–Crippen LogP) is 2.55. The lowest BCUT2D eigenvalue weighted by molar-refractivity contribution is -0.142. The lowest BCUT2D eigenvalue weighted by Crippen LogP contribution is -2.54. The van der Waals surface area contributed by atoms with E-state index in [-0.39, 0.29) is 5.60 Å². The molecule has 112 valence electrons. The molecule has 1 spiro atoms. The first-order valence-corrected chi connectivity index (χ1v) is 8.53. The fourth-order valence-corrected chi connectivity index (χ4v) is 4.20. The van der Waals surface area contributed by atoms with Crippen molar-refractivity contribution in [3.8, 4) is 0 Å². The van der Waals surface area contributed by atoms with Gasteiger partial charge in [-0.25, -0.2) is 4.98 Å². The van der Waals surface area contributed by atoms with Gasteiger partial charge in [-0.2, -0.15) is 0 Å². The van der Waals surface area contributed by atoms with E-state index in [0.29, 0.717) is 5.92 Å². The molecule has 1 saturated carbocycles. The van der Waals surface area contributed by atoms with Crippen molar-refractivity contribution in [3.05, 3.63) is 16.6 Å².